The lowest BCUT2D eigenvalue weighted by Crippen LogP contribution is -1.94. The van der Waals surface area contributed by atoms with Crippen LogP contribution in [-0.4, -0.2) is 21.1 Å². The molecule has 0 radical (unpaired) electrons. The van der Waals surface area contributed by atoms with Crippen molar-refractivity contribution in [1.82, 2.24) is 14.8 Å². The van der Waals surface area contributed by atoms with Crippen molar-refractivity contribution in [3.8, 4) is 0 Å². The first-order valence-corrected chi connectivity index (χ1v) is 5.29. The highest BCUT2D eigenvalue weighted by Crippen LogP contribution is 2.09. The maximum absolute atomic E-state index is 10.2. The number of fused-ring (bicyclic) bond motifs is 1. The van der Waals surface area contributed by atoms with Gasteiger partial charge in [0, 0.05) is 13.0 Å². The van der Waals surface area contributed by atoms with Crippen LogP contribution in [0, 0.1) is 0 Å². The number of rotatable bonds is 1. The van der Waals surface area contributed by atoms with E-state index in [4.69, 9.17) is 0 Å². The van der Waals surface area contributed by atoms with Crippen LogP contribution < -0.4 is 0 Å². The molecule has 0 aliphatic carbocycles. The van der Waals surface area contributed by atoms with Gasteiger partial charge in [-0.05, 0) is 6.42 Å². The van der Waals surface area contributed by atoms with Gasteiger partial charge in [-0.15, -0.1) is 5.10 Å². The Bertz CT molecular complexity index is 403. The van der Waals surface area contributed by atoms with E-state index in [9.17, 15) is 4.79 Å². The molecule has 0 fully saturated rings. The summed E-state index contributed by atoms with van der Waals surface area (Å²) in [6, 6.07) is 12.0. The molecule has 2 heterocycles. The molecule has 0 unspecified atom stereocenters. The first kappa shape index (κ1) is 13.1. The van der Waals surface area contributed by atoms with Crippen LogP contribution in [0.4, 0.5) is 0 Å². The Hall–Kier alpha value is -1.97. The standard InChI is InChI=1S/C6H7N3O.C6H6.CH4/c10-4-5-7-6-2-1-3-9(6)8-5;1-2-4-6-5-3-1;/h4H,1-3H2;1-6H;1H4. The SMILES string of the molecule is C.O=Cc1nc2n(n1)CCC2.c1ccccc1. The molecule has 0 spiro atoms. The lowest BCUT2D eigenvalue weighted by molar-refractivity contribution is 0.111. The zero-order valence-corrected chi connectivity index (χ0v) is 8.91. The van der Waals surface area contributed by atoms with Crippen LogP contribution in [0.15, 0.2) is 36.4 Å². The van der Waals surface area contributed by atoms with E-state index in [1.165, 1.54) is 0 Å². The van der Waals surface area contributed by atoms with Crippen molar-refractivity contribution < 1.29 is 4.79 Å². The molecule has 90 valence electrons. The fourth-order valence-corrected chi connectivity index (χ4v) is 1.58. The monoisotopic (exact) mass is 231 g/mol. The number of aryl methyl sites for hydroxylation is 2. The Morgan fingerprint density at radius 2 is 1.71 bits per heavy atom. The van der Waals surface area contributed by atoms with E-state index < -0.39 is 0 Å². The summed E-state index contributed by atoms with van der Waals surface area (Å²) in [5, 5.41) is 3.95. The molecule has 4 heteroatoms. The van der Waals surface area contributed by atoms with Gasteiger partial charge in [0.15, 0.2) is 6.29 Å². The molecule has 0 atom stereocenters. The Labute approximate surface area is 101 Å². The second-order valence-corrected chi connectivity index (χ2v) is 3.49. The maximum Gasteiger partial charge on any atom is 0.214 e. The summed E-state index contributed by atoms with van der Waals surface area (Å²) in [7, 11) is 0. The lowest BCUT2D eigenvalue weighted by atomic mass is 10.4. The smallest absolute Gasteiger partial charge is 0.214 e. The van der Waals surface area contributed by atoms with Crippen LogP contribution in [0.25, 0.3) is 0 Å². The second kappa shape index (κ2) is 6.58. The lowest BCUT2D eigenvalue weighted by Gasteiger charge is -1.86. The minimum Gasteiger partial charge on any atom is -0.294 e. The summed E-state index contributed by atoms with van der Waals surface area (Å²) < 4.78 is 1.80. The predicted molar refractivity (Wildman–Crippen MR) is 66.9 cm³/mol. The van der Waals surface area contributed by atoms with Gasteiger partial charge in [-0.25, -0.2) is 9.67 Å². The van der Waals surface area contributed by atoms with Gasteiger partial charge in [-0.1, -0.05) is 43.8 Å². The quantitative estimate of drug-likeness (QED) is 0.708. The van der Waals surface area contributed by atoms with E-state index >= 15 is 0 Å². The number of carbonyl (C=O) groups excluding carboxylic acids is 1. The number of nitrogens with zero attached hydrogens (tertiary/aromatic N) is 3. The summed E-state index contributed by atoms with van der Waals surface area (Å²) in [5.74, 6) is 1.26. The van der Waals surface area contributed by atoms with E-state index in [0.29, 0.717) is 12.1 Å². The van der Waals surface area contributed by atoms with Crippen LogP contribution in [0.2, 0.25) is 0 Å². The normalized spacial score (nSPS) is 11.8. The number of carbonyl (C=O) groups is 1. The topological polar surface area (TPSA) is 47.8 Å². The van der Waals surface area contributed by atoms with Crippen LogP contribution >= 0.6 is 0 Å². The maximum atomic E-state index is 10.2. The minimum absolute atomic E-state index is 0. The molecule has 17 heavy (non-hydrogen) atoms. The van der Waals surface area contributed by atoms with Crippen molar-refractivity contribution in [3.63, 3.8) is 0 Å². The third-order valence-corrected chi connectivity index (χ3v) is 2.31. The average Bonchev–Trinajstić information content (AvgIpc) is 2.92. The highest BCUT2D eigenvalue weighted by Gasteiger charge is 2.13. The third kappa shape index (κ3) is 3.52. The number of hydrogen-bond acceptors (Lipinski definition) is 3. The largest absolute Gasteiger partial charge is 0.294 e. The van der Waals surface area contributed by atoms with Crippen LogP contribution in [0.3, 0.4) is 0 Å². The Morgan fingerprint density at radius 1 is 1.12 bits per heavy atom. The molecule has 0 saturated carbocycles. The molecule has 1 aliphatic rings. The Balaban J connectivity index is 0.000000180. The summed E-state index contributed by atoms with van der Waals surface area (Å²) in [5.41, 5.74) is 0. The van der Waals surface area contributed by atoms with Gasteiger partial charge < -0.3 is 0 Å². The Kier molecular flexibility index (Phi) is 5.07. The van der Waals surface area contributed by atoms with E-state index in [0.717, 1.165) is 25.2 Å². The van der Waals surface area contributed by atoms with Gasteiger partial charge in [0.25, 0.3) is 0 Å². The molecular formula is C13H17N3O. The number of benzene rings is 1. The molecule has 3 rings (SSSR count). The fraction of sp³-hybridized carbons (Fsp3) is 0.308. The van der Waals surface area contributed by atoms with Gasteiger partial charge in [0.1, 0.15) is 5.82 Å². The molecule has 1 aliphatic heterocycles. The summed E-state index contributed by atoms with van der Waals surface area (Å²) >= 11 is 0. The summed E-state index contributed by atoms with van der Waals surface area (Å²) in [6.07, 6.45) is 2.75. The zero-order valence-electron chi connectivity index (χ0n) is 8.91. The van der Waals surface area contributed by atoms with Gasteiger partial charge in [-0.3, -0.25) is 4.79 Å². The van der Waals surface area contributed by atoms with E-state index in [2.05, 4.69) is 10.1 Å². The van der Waals surface area contributed by atoms with Gasteiger partial charge >= 0.3 is 0 Å². The number of aromatic nitrogens is 3. The summed E-state index contributed by atoms with van der Waals surface area (Å²) in [6.45, 7) is 0.913. The second-order valence-electron chi connectivity index (χ2n) is 3.49. The molecule has 1 aromatic carbocycles. The van der Waals surface area contributed by atoms with Crippen LogP contribution in [0.1, 0.15) is 30.3 Å². The van der Waals surface area contributed by atoms with Crippen molar-refractivity contribution in [2.75, 3.05) is 0 Å². The highest BCUT2D eigenvalue weighted by atomic mass is 16.1. The van der Waals surface area contributed by atoms with Crippen molar-refractivity contribution in [3.05, 3.63) is 48.0 Å². The van der Waals surface area contributed by atoms with E-state index in [-0.39, 0.29) is 7.43 Å². The molecule has 0 N–H and O–H groups in total. The van der Waals surface area contributed by atoms with E-state index in [1.807, 2.05) is 36.4 Å². The minimum atomic E-state index is 0. The third-order valence-electron chi connectivity index (χ3n) is 2.31. The first-order valence-electron chi connectivity index (χ1n) is 5.29. The van der Waals surface area contributed by atoms with Gasteiger partial charge in [0.2, 0.25) is 5.82 Å². The molecule has 0 saturated heterocycles. The molecule has 4 nitrogen and oxygen atoms in total. The highest BCUT2D eigenvalue weighted by molar-refractivity contribution is 5.68. The summed E-state index contributed by atoms with van der Waals surface area (Å²) in [4.78, 5) is 14.2. The van der Waals surface area contributed by atoms with E-state index in [1.54, 1.807) is 4.68 Å². The molecule has 2 aromatic rings. The molecule has 0 amide bonds. The molecule has 0 bridgehead atoms. The van der Waals surface area contributed by atoms with Crippen molar-refractivity contribution in [2.24, 2.45) is 0 Å². The van der Waals surface area contributed by atoms with Crippen LogP contribution in [0.5, 0.6) is 0 Å². The average molecular weight is 231 g/mol. The first-order chi connectivity index (χ1) is 7.90. The van der Waals surface area contributed by atoms with Crippen molar-refractivity contribution in [1.29, 1.82) is 0 Å². The number of aldehydes is 1. The van der Waals surface area contributed by atoms with Crippen LogP contribution in [-0.2, 0) is 13.0 Å². The van der Waals surface area contributed by atoms with Crippen molar-refractivity contribution in [2.45, 2.75) is 26.8 Å². The fourth-order valence-electron chi connectivity index (χ4n) is 1.58. The molecular weight excluding hydrogens is 214 g/mol. The van der Waals surface area contributed by atoms with Gasteiger partial charge in [-0.2, -0.15) is 0 Å². The molecule has 1 aromatic heterocycles. The van der Waals surface area contributed by atoms with Gasteiger partial charge in [0.05, 0.1) is 0 Å². The Morgan fingerprint density at radius 3 is 2.18 bits per heavy atom. The predicted octanol–water partition coefficient (Wildman–Crippen LogP) is 2.36. The zero-order chi connectivity index (χ0) is 11.2. The number of hydrogen-bond donors (Lipinski definition) is 0. The van der Waals surface area contributed by atoms with Crippen molar-refractivity contribution >= 4 is 6.29 Å².